The van der Waals surface area contributed by atoms with Crippen LogP contribution < -0.4 is 10.5 Å². The molecular weight excluding hydrogens is 325 g/mol. The molecule has 0 aliphatic rings. The summed E-state index contributed by atoms with van der Waals surface area (Å²) < 4.78 is 21.6. The molecule has 0 aliphatic heterocycles. The normalized spacial score (nSPS) is 11.9. The van der Waals surface area contributed by atoms with Crippen molar-refractivity contribution in [2.24, 2.45) is 0 Å². The summed E-state index contributed by atoms with van der Waals surface area (Å²) in [6.45, 7) is 6.40. The molecule has 0 saturated carbocycles. The number of thioether (sulfide) groups is 1. The number of methoxy groups -OCH3 is 1. The number of hydrogen-bond acceptors (Lipinski definition) is 4. The van der Waals surface area contributed by atoms with Crippen LogP contribution in [0.25, 0.3) is 16.9 Å². The van der Waals surface area contributed by atoms with Crippen LogP contribution in [0.3, 0.4) is 0 Å². The molecular formula is C18H20FN3OS. The summed E-state index contributed by atoms with van der Waals surface area (Å²) in [7, 11) is 1.64. The van der Waals surface area contributed by atoms with Gasteiger partial charge in [-0.05, 0) is 18.2 Å². The minimum Gasteiger partial charge on any atom is -0.495 e. The van der Waals surface area contributed by atoms with Crippen LogP contribution in [-0.2, 0) is 0 Å². The first-order valence-corrected chi connectivity index (χ1v) is 8.39. The van der Waals surface area contributed by atoms with Gasteiger partial charge in [0.1, 0.15) is 17.2 Å². The van der Waals surface area contributed by atoms with Gasteiger partial charge < -0.3 is 10.5 Å². The van der Waals surface area contributed by atoms with E-state index in [4.69, 9.17) is 10.5 Å². The van der Waals surface area contributed by atoms with Gasteiger partial charge in [-0.2, -0.15) is 0 Å². The average molecular weight is 345 g/mol. The molecule has 1 aromatic carbocycles. The molecule has 0 amide bonds. The molecule has 0 spiro atoms. The van der Waals surface area contributed by atoms with Crippen molar-refractivity contribution in [3.8, 4) is 17.0 Å². The van der Waals surface area contributed by atoms with Crippen LogP contribution in [-0.4, -0.2) is 21.2 Å². The molecule has 0 saturated heterocycles. The van der Waals surface area contributed by atoms with E-state index in [-0.39, 0.29) is 10.6 Å². The molecule has 0 atom stereocenters. The molecule has 126 valence electrons. The van der Waals surface area contributed by atoms with Gasteiger partial charge in [-0.1, -0.05) is 20.8 Å². The fourth-order valence-electron chi connectivity index (χ4n) is 2.49. The van der Waals surface area contributed by atoms with E-state index in [1.54, 1.807) is 37.2 Å². The Balaban J connectivity index is 2.21. The third kappa shape index (κ3) is 3.19. The van der Waals surface area contributed by atoms with Gasteiger partial charge in [0.2, 0.25) is 0 Å². The standard InChI is InChI=1S/C18H20FN3OS/c1-18(2,3)24-16-10-22-14(9-21-17(22)8-15(16)23-4)12-7-11(20)5-6-13(12)19/h5-10H,20H2,1-4H3. The predicted octanol–water partition coefficient (Wildman–Crippen LogP) is 4.62. The average Bonchev–Trinajstić information content (AvgIpc) is 2.90. The second-order valence-electron chi connectivity index (χ2n) is 6.53. The molecule has 0 fully saturated rings. The zero-order chi connectivity index (χ0) is 17.5. The number of hydrogen-bond donors (Lipinski definition) is 1. The van der Waals surface area contributed by atoms with E-state index in [0.29, 0.717) is 22.6 Å². The lowest BCUT2D eigenvalue weighted by atomic mass is 10.1. The van der Waals surface area contributed by atoms with Crippen molar-refractivity contribution in [2.45, 2.75) is 30.4 Å². The van der Waals surface area contributed by atoms with Crippen LogP contribution in [0.15, 0.2) is 41.6 Å². The first-order chi connectivity index (χ1) is 11.3. The summed E-state index contributed by atoms with van der Waals surface area (Å²) in [5, 5.41) is 0. The number of anilines is 1. The maximum Gasteiger partial charge on any atom is 0.140 e. The van der Waals surface area contributed by atoms with Crippen molar-refractivity contribution in [3.05, 3.63) is 42.5 Å². The van der Waals surface area contributed by atoms with Gasteiger partial charge in [-0.3, -0.25) is 4.40 Å². The molecule has 2 heterocycles. The molecule has 4 nitrogen and oxygen atoms in total. The molecule has 24 heavy (non-hydrogen) atoms. The minimum absolute atomic E-state index is 0.0180. The maximum atomic E-state index is 14.3. The van der Waals surface area contributed by atoms with E-state index in [2.05, 4.69) is 25.8 Å². The number of nitrogen functional groups attached to an aromatic ring is 1. The predicted molar refractivity (Wildman–Crippen MR) is 97.2 cm³/mol. The van der Waals surface area contributed by atoms with Crippen molar-refractivity contribution < 1.29 is 9.13 Å². The molecule has 0 aliphatic carbocycles. The third-order valence-corrected chi connectivity index (χ3v) is 4.62. The van der Waals surface area contributed by atoms with Gasteiger partial charge in [0.15, 0.2) is 0 Å². The van der Waals surface area contributed by atoms with E-state index in [1.165, 1.54) is 6.07 Å². The maximum absolute atomic E-state index is 14.3. The number of nitrogens with zero attached hydrogens (tertiary/aromatic N) is 2. The van der Waals surface area contributed by atoms with Gasteiger partial charge in [-0.15, -0.1) is 11.8 Å². The smallest absolute Gasteiger partial charge is 0.140 e. The van der Waals surface area contributed by atoms with Gasteiger partial charge >= 0.3 is 0 Å². The van der Waals surface area contributed by atoms with Crippen molar-refractivity contribution >= 4 is 23.1 Å². The lowest BCUT2D eigenvalue weighted by Gasteiger charge is -2.19. The number of ether oxygens (including phenoxy) is 1. The number of imidazole rings is 1. The Labute approximate surface area is 144 Å². The SMILES string of the molecule is COc1cc2ncc(-c3cc(N)ccc3F)n2cc1SC(C)(C)C. The lowest BCUT2D eigenvalue weighted by Crippen LogP contribution is -2.08. The zero-order valence-corrected chi connectivity index (χ0v) is 14.9. The highest BCUT2D eigenvalue weighted by molar-refractivity contribution is 8.00. The Hall–Kier alpha value is -2.21. The van der Waals surface area contributed by atoms with E-state index >= 15 is 0 Å². The largest absolute Gasteiger partial charge is 0.495 e. The van der Waals surface area contributed by atoms with Gasteiger partial charge in [0, 0.05) is 28.3 Å². The van der Waals surface area contributed by atoms with Crippen LogP contribution in [0.2, 0.25) is 0 Å². The lowest BCUT2D eigenvalue weighted by molar-refractivity contribution is 0.404. The molecule has 6 heteroatoms. The summed E-state index contributed by atoms with van der Waals surface area (Å²) >= 11 is 1.69. The quantitative estimate of drug-likeness (QED) is 0.556. The van der Waals surface area contributed by atoms with Crippen LogP contribution in [0.4, 0.5) is 10.1 Å². The van der Waals surface area contributed by atoms with Crippen molar-refractivity contribution in [1.82, 2.24) is 9.38 Å². The van der Waals surface area contributed by atoms with E-state index in [9.17, 15) is 4.39 Å². The molecule has 0 unspecified atom stereocenters. The van der Waals surface area contributed by atoms with Crippen LogP contribution in [0, 0.1) is 5.82 Å². The number of aromatic nitrogens is 2. The summed E-state index contributed by atoms with van der Waals surface area (Å²) in [6, 6.07) is 6.41. The molecule has 3 rings (SSSR count). The van der Waals surface area contributed by atoms with Gasteiger partial charge in [0.25, 0.3) is 0 Å². The summed E-state index contributed by atoms with van der Waals surface area (Å²) in [6.07, 6.45) is 3.59. The fraction of sp³-hybridized carbons (Fsp3) is 0.278. The Morgan fingerprint density at radius 3 is 2.67 bits per heavy atom. The summed E-state index contributed by atoms with van der Waals surface area (Å²) in [5.74, 6) is 0.430. The van der Waals surface area contributed by atoms with Gasteiger partial charge in [-0.25, -0.2) is 9.37 Å². The number of halogens is 1. The van der Waals surface area contributed by atoms with Crippen LogP contribution in [0.1, 0.15) is 20.8 Å². The highest BCUT2D eigenvalue weighted by Crippen LogP contribution is 2.39. The number of nitrogens with two attached hydrogens (primary N) is 1. The highest BCUT2D eigenvalue weighted by Gasteiger charge is 2.19. The van der Waals surface area contributed by atoms with E-state index in [1.807, 2.05) is 16.7 Å². The topological polar surface area (TPSA) is 52.5 Å². The van der Waals surface area contributed by atoms with Crippen molar-refractivity contribution in [3.63, 3.8) is 0 Å². The van der Waals surface area contributed by atoms with Gasteiger partial charge in [0.05, 0.1) is 23.9 Å². The zero-order valence-electron chi connectivity index (χ0n) is 14.1. The van der Waals surface area contributed by atoms with Crippen LogP contribution >= 0.6 is 11.8 Å². The highest BCUT2D eigenvalue weighted by atomic mass is 32.2. The van der Waals surface area contributed by atoms with Crippen LogP contribution in [0.5, 0.6) is 5.75 Å². The second kappa shape index (κ2) is 6.02. The molecule has 0 radical (unpaired) electrons. The van der Waals surface area contributed by atoms with E-state index in [0.717, 1.165) is 10.6 Å². The number of rotatable bonds is 3. The Morgan fingerprint density at radius 1 is 1.25 bits per heavy atom. The first-order valence-electron chi connectivity index (χ1n) is 7.58. The Bertz CT molecular complexity index is 899. The fourth-order valence-corrected chi connectivity index (χ4v) is 3.55. The number of fused-ring (bicyclic) bond motifs is 1. The summed E-state index contributed by atoms with van der Waals surface area (Å²) in [4.78, 5) is 5.35. The first kappa shape index (κ1) is 16.6. The number of benzene rings is 1. The second-order valence-corrected chi connectivity index (χ2v) is 8.40. The monoisotopic (exact) mass is 345 g/mol. The molecule has 0 bridgehead atoms. The third-order valence-electron chi connectivity index (χ3n) is 3.48. The van der Waals surface area contributed by atoms with E-state index < -0.39 is 0 Å². The van der Waals surface area contributed by atoms with Crippen molar-refractivity contribution in [2.75, 3.05) is 12.8 Å². The number of pyridine rings is 1. The molecule has 2 aromatic heterocycles. The summed E-state index contributed by atoms with van der Waals surface area (Å²) in [5.41, 5.74) is 8.12. The minimum atomic E-state index is -0.327. The molecule has 2 N–H and O–H groups in total. The Morgan fingerprint density at radius 2 is 2.00 bits per heavy atom. The molecule has 3 aromatic rings. The van der Waals surface area contributed by atoms with Crippen molar-refractivity contribution in [1.29, 1.82) is 0 Å². The Kier molecular flexibility index (Phi) is 4.17.